The minimum Gasteiger partial charge on any atom is -0.313 e. The molecule has 0 saturated heterocycles. The summed E-state index contributed by atoms with van der Waals surface area (Å²) in [6, 6.07) is 43.0. The summed E-state index contributed by atoms with van der Waals surface area (Å²) in [5.41, 5.74) is 15.7. The van der Waals surface area contributed by atoms with Crippen molar-refractivity contribution in [2.75, 3.05) is 0 Å². The van der Waals surface area contributed by atoms with Crippen LogP contribution >= 0.6 is 0 Å². The van der Waals surface area contributed by atoms with Crippen molar-refractivity contribution in [3.05, 3.63) is 187 Å². The highest BCUT2D eigenvalue weighted by Gasteiger charge is 2.30. The molecule has 4 aliphatic rings. The van der Waals surface area contributed by atoms with Crippen molar-refractivity contribution < 1.29 is 0 Å². The highest BCUT2D eigenvalue weighted by molar-refractivity contribution is 6.15. The second-order valence-corrected chi connectivity index (χ2v) is 16.7. The number of para-hydroxylation sites is 2. The quantitative estimate of drug-likeness (QED) is 0.150. The maximum atomic E-state index is 2.63. The first-order chi connectivity index (χ1) is 28.2. The molecule has 11 rings (SSSR count). The van der Waals surface area contributed by atoms with Gasteiger partial charge in [-0.1, -0.05) is 152 Å². The van der Waals surface area contributed by atoms with E-state index in [0.29, 0.717) is 23.7 Å². The highest BCUT2D eigenvalue weighted by atomic mass is 15.0. The van der Waals surface area contributed by atoms with Crippen LogP contribution in [0.15, 0.2) is 176 Å². The van der Waals surface area contributed by atoms with Crippen LogP contribution in [0.25, 0.3) is 72.4 Å². The summed E-state index contributed by atoms with van der Waals surface area (Å²) in [7, 11) is 0. The third kappa shape index (κ3) is 5.84. The maximum absolute atomic E-state index is 2.63. The molecule has 0 radical (unpaired) electrons. The molecule has 4 unspecified atom stereocenters. The molecule has 2 heterocycles. The van der Waals surface area contributed by atoms with E-state index < -0.39 is 0 Å². The maximum Gasteiger partial charge on any atom is 0.0619 e. The summed E-state index contributed by atoms with van der Waals surface area (Å²) in [5.74, 6) is 1.95. The molecular weight excluding hydrogens is 689 g/mol. The average molecular weight is 737 g/mol. The van der Waals surface area contributed by atoms with Crippen molar-refractivity contribution in [1.82, 2.24) is 9.13 Å². The number of fused-ring (bicyclic) bond motifs is 6. The van der Waals surface area contributed by atoms with Crippen LogP contribution in [0.3, 0.4) is 0 Å². The van der Waals surface area contributed by atoms with E-state index in [-0.39, 0.29) is 0 Å². The Morgan fingerprint density at radius 3 is 2.26 bits per heavy atom. The van der Waals surface area contributed by atoms with Gasteiger partial charge in [0.25, 0.3) is 0 Å². The molecule has 278 valence electrons. The number of allylic oxidation sites excluding steroid dienone is 11. The molecule has 0 bridgehead atoms. The molecule has 0 fully saturated rings. The monoisotopic (exact) mass is 736 g/mol. The summed E-state index contributed by atoms with van der Waals surface area (Å²) in [6.45, 7) is 2.38. The number of rotatable bonds is 6. The Labute approximate surface area is 336 Å². The topological polar surface area (TPSA) is 9.86 Å². The van der Waals surface area contributed by atoms with Gasteiger partial charge in [0.05, 0.1) is 16.6 Å². The van der Waals surface area contributed by atoms with Gasteiger partial charge in [-0.05, 0) is 109 Å². The Morgan fingerprint density at radius 2 is 1.40 bits per heavy atom. The van der Waals surface area contributed by atoms with E-state index in [9.17, 15) is 0 Å². The van der Waals surface area contributed by atoms with Gasteiger partial charge >= 0.3 is 0 Å². The van der Waals surface area contributed by atoms with Crippen LogP contribution < -0.4 is 0 Å². The molecule has 2 aromatic heterocycles. The molecule has 2 nitrogen and oxygen atoms in total. The zero-order valence-corrected chi connectivity index (χ0v) is 32.7. The van der Waals surface area contributed by atoms with E-state index in [1.54, 1.807) is 5.57 Å². The van der Waals surface area contributed by atoms with Gasteiger partial charge in [-0.25, -0.2) is 0 Å². The Morgan fingerprint density at radius 1 is 0.614 bits per heavy atom. The van der Waals surface area contributed by atoms with Crippen molar-refractivity contribution in [2.24, 2.45) is 23.7 Å². The first-order valence-electron chi connectivity index (χ1n) is 21.2. The molecule has 0 N–H and O–H groups in total. The minimum atomic E-state index is 0.418. The molecular formula is C55H48N2. The van der Waals surface area contributed by atoms with Crippen molar-refractivity contribution >= 4 is 44.5 Å². The van der Waals surface area contributed by atoms with Crippen LogP contribution in [0.5, 0.6) is 0 Å². The van der Waals surface area contributed by atoms with Crippen LogP contribution in [-0.2, 0) is 6.42 Å². The zero-order chi connectivity index (χ0) is 37.9. The van der Waals surface area contributed by atoms with Crippen LogP contribution in [0.4, 0.5) is 0 Å². The summed E-state index contributed by atoms with van der Waals surface area (Å²) >= 11 is 0. The van der Waals surface area contributed by atoms with Gasteiger partial charge in [-0.3, -0.25) is 0 Å². The fraction of sp³-hybridized carbons (Fsp3) is 0.200. The van der Waals surface area contributed by atoms with Crippen molar-refractivity contribution in [1.29, 1.82) is 0 Å². The number of nitrogens with zero attached hydrogens (tertiary/aromatic N) is 2. The molecule has 0 aliphatic heterocycles. The molecule has 57 heavy (non-hydrogen) atoms. The lowest BCUT2D eigenvalue weighted by Crippen LogP contribution is -2.22. The van der Waals surface area contributed by atoms with Crippen LogP contribution in [0.1, 0.15) is 50.3 Å². The van der Waals surface area contributed by atoms with Crippen molar-refractivity contribution in [3.63, 3.8) is 0 Å². The van der Waals surface area contributed by atoms with Gasteiger partial charge in [0.15, 0.2) is 0 Å². The van der Waals surface area contributed by atoms with E-state index in [2.05, 4.69) is 192 Å². The van der Waals surface area contributed by atoms with Crippen LogP contribution in [0, 0.1) is 23.7 Å². The molecule has 0 saturated carbocycles. The SMILES string of the molecule is CC1C=CC=CC1C1=CC(n2c3ccccc3c3cccc(-c4ccc5c(c4)c4c(n5-c5ccc(-c6ccccc6)cc5)CCC=C4)c32)=CC(C2C=CCCC2)C1. The summed E-state index contributed by atoms with van der Waals surface area (Å²) < 4.78 is 5.13. The second kappa shape index (κ2) is 14.1. The second-order valence-electron chi connectivity index (χ2n) is 16.7. The molecule has 0 amide bonds. The van der Waals surface area contributed by atoms with Gasteiger partial charge in [0, 0.05) is 50.3 Å². The number of benzene rings is 5. The Hall–Kier alpha value is -6.12. The smallest absolute Gasteiger partial charge is 0.0619 e. The minimum absolute atomic E-state index is 0.418. The fourth-order valence-electron chi connectivity index (χ4n) is 10.5. The number of hydrogen-bond donors (Lipinski definition) is 0. The fourth-order valence-corrected chi connectivity index (χ4v) is 10.5. The third-order valence-corrected chi connectivity index (χ3v) is 13.3. The first kappa shape index (κ1) is 34.2. The predicted octanol–water partition coefficient (Wildman–Crippen LogP) is 14.6. The summed E-state index contributed by atoms with van der Waals surface area (Å²) in [5, 5.41) is 3.94. The van der Waals surface area contributed by atoms with Gasteiger partial charge in [0.1, 0.15) is 0 Å². The van der Waals surface area contributed by atoms with Crippen molar-refractivity contribution in [2.45, 2.75) is 45.4 Å². The van der Waals surface area contributed by atoms with E-state index >= 15 is 0 Å². The van der Waals surface area contributed by atoms with Crippen molar-refractivity contribution in [3.8, 4) is 27.9 Å². The predicted molar refractivity (Wildman–Crippen MR) is 242 cm³/mol. The van der Waals surface area contributed by atoms with Gasteiger partial charge in [-0.2, -0.15) is 0 Å². The molecule has 4 aliphatic carbocycles. The lowest BCUT2D eigenvalue weighted by Gasteiger charge is -2.33. The molecule has 4 atom stereocenters. The van der Waals surface area contributed by atoms with E-state index in [0.717, 1.165) is 19.3 Å². The van der Waals surface area contributed by atoms with Crippen LogP contribution in [-0.4, -0.2) is 9.13 Å². The largest absolute Gasteiger partial charge is 0.313 e. The Kier molecular flexibility index (Phi) is 8.46. The number of aromatic nitrogens is 2. The first-order valence-corrected chi connectivity index (χ1v) is 21.2. The van der Waals surface area contributed by atoms with Gasteiger partial charge < -0.3 is 9.13 Å². The zero-order valence-electron chi connectivity index (χ0n) is 32.7. The molecule has 5 aromatic carbocycles. The molecule has 2 heteroatoms. The molecule has 0 spiro atoms. The van der Waals surface area contributed by atoms with E-state index in [1.165, 1.54) is 96.9 Å². The standard InChI is InChI=1S/C55H48N2/c1-37-15-8-9-20-46(37)43-33-42(39-18-6-3-7-19-39)34-45(35-43)57-53-26-13-10-21-48(53)50-24-14-23-47(55(50)57)41-29-32-54-51(36-41)49-22-11-12-25-52(49)56(54)44-30-27-40(28-31-44)38-16-4-2-5-17-38/h2,4-6,8-11,13-18,20-24,26-32,34-37,39,42,46H,3,7,12,19,25,33H2,1H3. The lowest BCUT2D eigenvalue weighted by molar-refractivity contribution is 0.398. The third-order valence-electron chi connectivity index (χ3n) is 13.3. The molecule has 7 aromatic rings. The van der Waals surface area contributed by atoms with Crippen LogP contribution in [0.2, 0.25) is 0 Å². The highest BCUT2D eigenvalue weighted by Crippen LogP contribution is 2.45. The summed E-state index contributed by atoms with van der Waals surface area (Å²) in [4.78, 5) is 0. The average Bonchev–Trinajstić information content (AvgIpc) is 3.80. The normalized spacial score (nSPS) is 21.6. The number of hydrogen-bond acceptors (Lipinski definition) is 0. The van der Waals surface area contributed by atoms with Gasteiger partial charge in [-0.15, -0.1) is 0 Å². The van der Waals surface area contributed by atoms with Gasteiger partial charge in [0.2, 0.25) is 0 Å². The Balaban J connectivity index is 1.09. The van der Waals surface area contributed by atoms with E-state index in [1.807, 2.05) is 0 Å². The lowest BCUT2D eigenvalue weighted by atomic mass is 9.73. The van der Waals surface area contributed by atoms with E-state index in [4.69, 9.17) is 0 Å². The summed E-state index contributed by atoms with van der Waals surface area (Å²) in [6.07, 6.45) is 31.1. The Bertz CT molecular complexity index is 2860.